The van der Waals surface area contributed by atoms with E-state index in [1.165, 1.54) is 12.3 Å². The number of aromatic nitrogens is 2. The van der Waals surface area contributed by atoms with Crippen molar-refractivity contribution < 1.29 is 14.0 Å². The normalized spacial score (nSPS) is 10.7. The van der Waals surface area contributed by atoms with E-state index in [0.29, 0.717) is 46.9 Å². The average molecular weight is 440 g/mol. The van der Waals surface area contributed by atoms with Crippen molar-refractivity contribution in [1.29, 1.82) is 0 Å². The molecule has 5 nitrogen and oxygen atoms in total. The van der Waals surface area contributed by atoms with Gasteiger partial charge in [0.2, 0.25) is 5.91 Å². The minimum atomic E-state index is -0.423. The fourth-order valence-corrected chi connectivity index (χ4v) is 3.43. The van der Waals surface area contributed by atoms with Crippen molar-refractivity contribution in [2.24, 2.45) is 0 Å². The summed E-state index contributed by atoms with van der Waals surface area (Å²) in [6, 6.07) is 11.7. The number of benzene rings is 1. The van der Waals surface area contributed by atoms with Crippen molar-refractivity contribution in [1.82, 2.24) is 14.9 Å². The summed E-state index contributed by atoms with van der Waals surface area (Å²) in [6.45, 7) is 2.13. The molecule has 0 atom stereocenters. The Morgan fingerprint density at radius 3 is 2.58 bits per heavy atom. The molecule has 0 N–H and O–H groups in total. The number of rotatable bonds is 8. The predicted molar refractivity (Wildman–Crippen MR) is 118 cm³/mol. The van der Waals surface area contributed by atoms with Gasteiger partial charge in [-0.3, -0.25) is 14.6 Å². The lowest BCUT2D eigenvalue weighted by Crippen LogP contribution is -2.25. The second-order valence-electron chi connectivity index (χ2n) is 7.23. The second-order valence-corrected chi connectivity index (χ2v) is 7.58. The smallest absolute Gasteiger partial charge is 0.222 e. The van der Waals surface area contributed by atoms with Crippen molar-refractivity contribution in [2.75, 3.05) is 7.05 Å². The van der Waals surface area contributed by atoms with Gasteiger partial charge in [0.1, 0.15) is 11.0 Å². The summed E-state index contributed by atoms with van der Waals surface area (Å²) in [4.78, 5) is 34.0. The van der Waals surface area contributed by atoms with Crippen LogP contribution in [-0.2, 0) is 17.8 Å². The molecule has 31 heavy (non-hydrogen) atoms. The summed E-state index contributed by atoms with van der Waals surface area (Å²) >= 11 is 6.03. The minimum absolute atomic E-state index is 0.00259. The number of carbonyl (C=O) groups is 2. The molecule has 0 radical (unpaired) electrons. The number of amides is 1. The zero-order valence-corrected chi connectivity index (χ0v) is 18.2. The van der Waals surface area contributed by atoms with Crippen molar-refractivity contribution in [3.63, 3.8) is 0 Å². The molecule has 0 fully saturated rings. The second kappa shape index (κ2) is 10.3. The van der Waals surface area contributed by atoms with E-state index < -0.39 is 5.82 Å². The summed E-state index contributed by atoms with van der Waals surface area (Å²) in [5.74, 6) is -0.497. The molecular weight excluding hydrogens is 417 g/mol. The molecule has 0 aliphatic rings. The Kier molecular flexibility index (Phi) is 7.47. The predicted octanol–water partition coefficient (Wildman–Crippen LogP) is 5.12. The molecule has 1 aromatic carbocycles. The molecule has 7 heteroatoms. The van der Waals surface area contributed by atoms with E-state index in [0.717, 1.165) is 5.56 Å². The van der Waals surface area contributed by atoms with Gasteiger partial charge in [0.05, 0.1) is 5.69 Å². The lowest BCUT2D eigenvalue weighted by Gasteiger charge is -2.16. The van der Waals surface area contributed by atoms with E-state index in [9.17, 15) is 14.0 Å². The fourth-order valence-electron chi connectivity index (χ4n) is 3.21. The van der Waals surface area contributed by atoms with Gasteiger partial charge in [-0.1, -0.05) is 30.7 Å². The maximum atomic E-state index is 14.6. The molecule has 0 aliphatic carbocycles. The molecule has 0 unspecified atom stereocenters. The molecule has 0 spiro atoms. The molecule has 0 aliphatic heterocycles. The summed E-state index contributed by atoms with van der Waals surface area (Å²) < 4.78 is 14.6. The van der Waals surface area contributed by atoms with E-state index in [-0.39, 0.29) is 18.1 Å². The van der Waals surface area contributed by atoms with E-state index in [2.05, 4.69) is 9.97 Å². The third-order valence-electron chi connectivity index (χ3n) is 5.00. The van der Waals surface area contributed by atoms with Gasteiger partial charge in [-0.2, -0.15) is 0 Å². The van der Waals surface area contributed by atoms with E-state index in [4.69, 9.17) is 11.6 Å². The number of hydrogen-bond donors (Lipinski definition) is 0. The molecular formula is C24H23ClFN3O2. The highest BCUT2D eigenvalue weighted by atomic mass is 35.5. The van der Waals surface area contributed by atoms with Crippen LogP contribution in [0.3, 0.4) is 0 Å². The number of carbonyl (C=O) groups excluding carboxylic acids is 2. The van der Waals surface area contributed by atoms with Crippen LogP contribution in [0.25, 0.3) is 11.3 Å². The highest BCUT2D eigenvalue weighted by Gasteiger charge is 2.13. The van der Waals surface area contributed by atoms with E-state index >= 15 is 0 Å². The van der Waals surface area contributed by atoms with Crippen LogP contribution in [0, 0.1) is 5.82 Å². The third kappa shape index (κ3) is 5.73. The quantitative estimate of drug-likeness (QED) is 0.361. The maximum Gasteiger partial charge on any atom is 0.222 e. The summed E-state index contributed by atoms with van der Waals surface area (Å²) in [5.41, 5.74) is 2.76. The van der Waals surface area contributed by atoms with Crippen LogP contribution < -0.4 is 0 Å². The number of pyridine rings is 2. The molecule has 2 heterocycles. The molecule has 3 rings (SSSR count). The van der Waals surface area contributed by atoms with Crippen molar-refractivity contribution in [3.05, 3.63) is 82.5 Å². The lowest BCUT2D eigenvalue weighted by atomic mass is 10.0. The van der Waals surface area contributed by atoms with Crippen LogP contribution in [0.1, 0.15) is 41.3 Å². The molecule has 3 aromatic rings. The number of hydrogen-bond acceptors (Lipinski definition) is 4. The zero-order valence-electron chi connectivity index (χ0n) is 17.4. The van der Waals surface area contributed by atoms with Crippen LogP contribution in [0.2, 0.25) is 5.15 Å². The van der Waals surface area contributed by atoms with Gasteiger partial charge in [0, 0.05) is 50.0 Å². The Bertz CT molecular complexity index is 1090. The Hall–Kier alpha value is -3.12. The topological polar surface area (TPSA) is 63.2 Å². The number of Topliss-reactive ketones (excluding diaryl/α,β-unsaturated/α-hetero) is 1. The first-order valence-electron chi connectivity index (χ1n) is 10.0. The number of ketones is 1. The molecule has 0 saturated heterocycles. The Labute approximate surface area is 185 Å². The summed E-state index contributed by atoms with van der Waals surface area (Å²) in [7, 11) is 1.69. The average Bonchev–Trinajstić information content (AvgIpc) is 2.78. The van der Waals surface area contributed by atoms with Crippen LogP contribution in [-0.4, -0.2) is 33.6 Å². The Morgan fingerprint density at radius 1 is 1.13 bits per heavy atom. The number of aryl methyl sites for hydroxylation is 1. The lowest BCUT2D eigenvalue weighted by molar-refractivity contribution is -0.130. The van der Waals surface area contributed by atoms with Gasteiger partial charge in [-0.15, -0.1) is 0 Å². The van der Waals surface area contributed by atoms with Gasteiger partial charge >= 0.3 is 0 Å². The van der Waals surface area contributed by atoms with Gasteiger partial charge in [-0.25, -0.2) is 9.37 Å². The maximum absolute atomic E-state index is 14.6. The molecule has 1 amide bonds. The zero-order chi connectivity index (χ0) is 22.4. The van der Waals surface area contributed by atoms with Crippen LogP contribution in [0.15, 0.2) is 54.9 Å². The molecule has 160 valence electrons. The van der Waals surface area contributed by atoms with Crippen LogP contribution >= 0.6 is 11.6 Å². The molecule has 2 aromatic heterocycles. The van der Waals surface area contributed by atoms with Crippen LogP contribution in [0.5, 0.6) is 0 Å². The summed E-state index contributed by atoms with van der Waals surface area (Å²) in [6.07, 6.45) is 4.23. The van der Waals surface area contributed by atoms with Crippen LogP contribution in [0.4, 0.5) is 4.39 Å². The fraction of sp³-hybridized carbons (Fsp3) is 0.250. The molecule has 0 bridgehead atoms. The highest BCUT2D eigenvalue weighted by Crippen LogP contribution is 2.23. The third-order valence-corrected chi connectivity index (χ3v) is 5.34. The monoisotopic (exact) mass is 439 g/mol. The minimum Gasteiger partial charge on any atom is -0.341 e. The van der Waals surface area contributed by atoms with Crippen molar-refractivity contribution in [2.45, 2.75) is 32.7 Å². The first-order valence-corrected chi connectivity index (χ1v) is 10.4. The van der Waals surface area contributed by atoms with Gasteiger partial charge < -0.3 is 4.90 Å². The first kappa shape index (κ1) is 22.6. The van der Waals surface area contributed by atoms with Gasteiger partial charge in [-0.05, 0) is 47.9 Å². The van der Waals surface area contributed by atoms with E-state index in [1.807, 2.05) is 6.07 Å². The highest BCUT2D eigenvalue weighted by molar-refractivity contribution is 6.30. The molecule has 0 saturated carbocycles. The number of nitrogens with zero attached hydrogens (tertiary/aromatic N) is 3. The van der Waals surface area contributed by atoms with Gasteiger partial charge in [0.15, 0.2) is 5.78 Å². The first-order chi connectivity index (χ1) is 14.9. The van der Waals surface area contributed by atoms with Crippen molar-refractivity contribution >= 4 is 23.3 Å². The van der Waals surface area contributed by atoms with E-state index in [1.54, 1.807) is 55.4 Å². The summed E-state index contributed by atoms with van der Waals surface area (Å²) in [5, 5.41) is 0.396. The largest absolute Gasteiger partial charge is 0.341 e. The standard InChI is InChI=1S/C24H23ClFN3O2/c1-3-23(31)29(2)15-16-6-9-19(20(26)13-16)21-10-7-18(14-28-21)22(30)11-8-17-5-4-12-27-24(17)25/h4-7,9-10,12-14H,3,8,11,15H2,1-2H3. The van der Waals surface area contributed by atoms with Gasteiger partial charge in [0.25, 0.3) is 0 Å². The number of halogens is 2. The Balaban J connectivity index is 1.67. The SMILES string of the molecule is CCC(=O)N(C)Cc1ccc(-c2ccc(C(=O)CCc3cccnc3Cl)cn2)c(F)c1. The Morgan fingerprint density at radius 2 is 1.94 bits per heavy atom. The van der Waals surface area contributed by atoms with Crippen molar-refractivity contribution in [3.8, 4) is 11.3 Å².